The molecular formula is C25H27ClFN7O. The summed E-state index contributed by atoms with van der Waals surface area (Å²) in [5, 5.41) is 18.0. The van der Waals surface area contributed by atoms with Crippen LogP contribution < -0.4 is 16.8 Å². The molecule has 0 spiro atoms. The van der Waals surface area contributed by atoms with Crippen molar-refractivity contribution in [3.05, 3.63) is 76.1 Å². The van der Waals surface area contributed by atoms with Gasteiger partial charge in [0.05, 0.1) is 5.02 Å². The summed E-state index contributed by atoms with van der Waals surface area (Å²) in [5.74, 6) is -0.844. The Morgan fingerprint density at radius 3 is 2.00 bits per heavy atom. The van der Waals surface area contributed by atoms with E-state index in [0.717, 1.165) is 23.1 Å². The fraction of sp³-hybridized carbons (Fsp3) is 0.240. The van der Waals surface area contributed by atoms with Crippen LogP contribution in [0.25, 0.3) is 11.1 Å². The minimum Gasteiger partial charge on any atom is -0.370 e. The minimum absolute atomic E-state index is 0.0203. The first kappa shape index (κ1) is 24.3. The molecule has 2 aliphatic heterocycles. The first-order valence-corrected chi connectivity index (χ1v) is 11.6. The molecule has 35 heavy (non-hydrogen) atoms. The van der Waals surface area contributed by atoms with E-state index in [1.807, 2.05) is 24.3 Å². The molecular weight excluding hydrogens is 469 g/mol. The molecule has 1 amide bonds. The Hall–Kier alpha value is -3.85. The van der Waals surface area contributed by atoms with Crippen LogP contribution >= 0.6 is 11.6 Å². The quantitative estimate of drug-likeness (QED) is 0.325. The van der Waals surface area contributed by atoms with Gasteiger partial charge in [-0.25, -0.2) is 4.39 Å². The van der Waals surface area contributed by atoms with Crippen LogP contribution in [-0.2, 0) is 0 Å². The highest BCUT2D eigenvalue weighted by atomic mass is 35.5. The van der Waals surface area contributed by atoms with E-state index in [9.17, 15) is 9.18 Å². The number of halogens is 2. The van der Waals surface area contributed by atoms with Crippen LogP contribution in [0.5, 0.6) is 0 Å². The number of nitrogens with two attached hydrogens (primary N) is 2. The number of guanidine groups is 2. The van der Waals surface area contributed by atoms with Crippen molar-refractivity contribution in [3.63, 3.8) is 0 Å². The normalized spacial score (nSPS) is 15.8. The lowest BCUT2D eigenvalue weighted by molar-refractivity contribution is 0.102. The van der Waals surface area contributed by atoms with E-state index in [-0.39, 0.29) is 28.5 Å². The van der Waals surface area contributed by atoms with Crippen LogP contribution in [0.3, 0.4) is 0 Å². The second-order valence-electron chi connectivity index (χ2n) is 8.47. The van der Waals surface area contributed by atoms with Crippen LogP contribution in [0.2, 0.25) is 5.02 Å². The van der Waals surface area contributed by atoms with Crippen LogP contribution in [0.15, 0.2) is 48.6 Å². The zero-order valence-corrected chi connectivity index (χ0v) is 19.8. The van der Waals surface area contributed by atoms with Gasteiger partial charge in [0.2, 0.25) is 0 Å². The highest BCUT2D eigenvalue weighted by Gasteiger charge is 2.20. The number of nitrogens with one attached hydrogen (secondary N) is 3. The Labute approximate surface area is 208 Å². The molecule has 0 aliphatic carbocycles. The molecule has 0 aromatic heterocycles. The Bertz CT molecular complexity index is 1220. The molecule has 0 atom stereocenters. The summed E-state index contributed by atoms with van der Waals surface area (Å²) >= 11 is 6.39. The average Bonchev–Trinajstić information content (AvgIpc) is 2.84. The van der Waals surface area contributed by atoms with Gasteiger partial charge in [-0.15, -0.1) is 0 Å². The van der Waals surface area contributed by atoms with E-state index in [2.05, 4.69) is 5.32 Å². The molecule has 4 rings (SSSR count). The van der Waals surface area contributed by atoms with E-state index in [0.29, 0.717) is 43.7 Å². The van der Waals surface area contributed by atoms with E-state index in [1.54, 1.807) is 21.9 Å². The van der Waals surface area contributed by atoms with Crippen molar-refractivity contribution in [1.82, 2.24) is 9.80 Å². The van der Waals surface area contributed by atoms with Crippen LogP contribution in [-0.4, -0.2) is 53.8 Å². The largest absolute Gasteiger partial charge is 0.370 e. The van der Waals surface area contributed by atoms with Crippen molar-refractivity contribution in [3.8, 4) is 0 Å². The number of benzene rings is 2. The van der Waals surface area contributed by atoms with Crippen LogP contribution in [0, 0.1) is 16.6 Å². The average molecular weight is 496 g/mol. The molecule has 0 unspecified atom stereocenters. The molecule has 2 aromatic carbocycles. The summed E-state index contributed by atoms with van der Waals surface area (Å²) in [5.41, 5.74) is 15.0. The maximum atomic E-state index is 15.0. The SMILES string of the molecule is N=C(N)N1CC=C(c2ccc(C(=O)Nc3cc(F)c(C4=CCN(C(=N)N)CC4)c(Cl)c3)cc2)CC1. The monoisotopic (exact) mass is 495 g/mol. The van der Waals surface area contributed by atoms with Crippen molar-refractivity contribution >= 4 is 46.3 Å². The lowest BCUT2D eigenvalue weighted by atomic mass is 9.98. The maximum Gasteiger partial charge on any atom is 0.255 e. The predicted molar refractivity (Wildman–Crippen MR) is 138 cm³/mol. The van der Waals surface area contributed by atoms with Crippen molar-refractivity contribution < 1.29 is 9.18 Å². The number of carbonyl (C=O) groups is 1. The van der Waals surface area contributed by atoms with Gasteiger partial charge in [0.1, 0.15) is 5.82 Å². The Kier molecular flexibility index (Phi) is 7.07. The van der Waals surface area contributed by atoms with Crippen molar-refractivity contribution in [2.45, 2.75) is 12.8 Å². The molecule has 8 nitrogen and oxygen atoms in total. The Morgan fingerprint density at radius 1 is 0.943 bits per heavy atom. The lowest BCUT2D eigenvalue weighted by Gasteiger charge is -2.27. The van der Waals surface area contributed by atoms with E-state index >= 15 is 0 Å². The Balaban J connectivity index is 1.44. The van der Waals surface area contributed by atoms with Crippen molar-refractivity contribution in [2.24, 2.45) is 11.5 Å². The van der Waals surface area contributed by atoms with Gasteiger partial charge >= 0.3 is 0 Å². The molecule has 2 heterocycles. The summed E-state index contributed by atoms with van der Waals surface area (Å²) in [4.78, 5) is 16.2. The minimum atomic E-state index is -0.519. The Morgan fingerprint density at radius 2 is 1.51 bits per heavy atom. The third kappa shape index (κ3) is 5.46. The number of carbonyl (C=O) groups excluding carboxylic acids is 1. The molecule has 10 heteroatoms. The number of rotatable bonds is 4. The standard InChI is InChI=1S/C25H27ClFN7O/c26-20-13-19(14-21(27)22(20)17-7-11-34(12-8-17)25(30)31)32-23(35)18-3-1-15(2-4-18)16-5-9-33(10-6-16)24(28)29/h1-5,7,13-14H,6,8-12H2,(H3,28,29)(H3,30,31)(H,32,35). The molecule has 182 valence electrons. The molecule has 0 saturated carbocycles. The number of hydrogen-bond donors (Lipinski definition) is 5. The van der Waals surface area contributed by atoms with Gasteiger partial charge < -0.3 is 26.6 Å². The van der Waals surface area contributed by atoms with Gasteiger partial charge in [0.15, 0.2) is 11.9 Å². The molecule has 0 bridgehead atoms. The summed E-state index contributed by atoms with van der Waals surface area (Å²) in [6.45, 7) is 2.19. The number of anilines is 1. The van der Waals surface area contributed by atoms with E-state index < -0.39 is 5.82 Å². The van der Waals surface area contributed by atoms with Gasteiger partial charge in [-0.1, -0.05) is 35.9 Å². The third-order valence-electron chi connectivity index (χ3n) is 6.24. The van der Waals surface area contributed by atoms with Gasteiger partial charge in [0, 0.05) is 43.0 Å². The van der Waals surface area contributed by atoms with Crippen LogP contribution in [0.4, 0.5) is 10.1 Å². The molecule has 0 saturated heterocycles. The van der Waals surface area contributed by atoms with E-state index in [4.69, 9.17) is 33.9 Å². The smallest absolute Gasteiger partial charge is 0.255 e. The lowest BCUT2D eigenvalue weighted by Crippen LogP contribution is -2.39. The first-order chi connectivity index (χ1) is 16.7. The molecule has 0 fully saturated rings. The zero-order chi connectivity index (χ0) is 25.1. The van der Waals surface area contributed by atoms with Gasteiger partial charge in [-0.05, 0) is 53.8 Å². The third-order valence-corrected chi connectivity index (χ3v) is 6.54. The van der Waals surface area contributed by atoms with Gasteiger partial charge in [-0.3, -0.25) is 15.6 Å². The summed E-state index contributed by atoms with van der Waals surface area (Å²) < 4.78 is 15.0. The molecule has 0 radical (unpaired) electrons. The van der Waals surface area contributed by atoms with E-state index in [1.165, 1.54) is 12.1 Å². The summed E-state index contributed by atoms with van der Waals surface area (Å²) in [6, 6.07) is 10.0. The molecule has 7 N–H and O–H groups in total. The maximum absolute atomic E-state index is 15.0. The van der Waals surface area contributed by atoms with Gasteiger partial charge in [0.25, 0.3) is 5.91 Å². The summed E-state index contributed by atoms with van der Waals surface area (Å²) in [6.07, 6.45) is 5.12. The van der Waals surface area contributed by atoms with Gasteiger partial charge in [-0.2, -0.15) is 0 Å². The number of nitrogens with zero attached hydrogens (tertiary/aromatic N) is 2. The van der Waals surface area contributed by atoms with Crippen LogP contribution in [0.1, 0.15) is 34.3 Å². The fourth-order valence-corrected chi connectivity index (χ4v) is 4.59. The second kappa shape index (κ2) is 10.2. The predicted octanol–water partition coefficient (Wildman–Crippen LogP) is 3.70. The number of hydrogen-bond acceptors (Lipinski definition) is 3. The highest BCUT2D eigenvalue weighted by molar-refractivity contribution is 6.32. The molecule has 2 aromatic rings. The number of amides is 1. The topological polar surface area (TPSA) is 135 Å². The molecule has 2 aliphatic rings. The zero-order valence-electron chi connectivity index (χ0n) is 19.1. The fourth-order valence-electron chi connectivity index (χ4n) is 4.26. The first-order valence-electron chi connectivity index (χ1n) is 11.2. The second-order valence-corrected chi connectivity index (χ2v) is 8.87. The van der Waals surface area contributed by atoms with Crippen molar-refractivity contribution in [1.29, 1.82) is 10.8 Å². The summed E-state index contributed by atoms with van der Waals surface area (Å²) in [7, 11) is 0. The van der Waals surface area contributed by atoms with Crippen molar-refractivity contribution in [2.75, 3.05) is 31.5 Å². The highest BCUT2D eigenvalue weighted by Crippen LogP contribution is 2.33.